The van der Waals surface area contributed by atoms with Crippen molar-refractivity contribution in [2.24, 2.45) is 0 Å². The number of phenols is 1. The molecular formula is C25H31NO5. The van der Waals surface area contributed by atoms with Crippen LogP contribution < -0.4 is 0 Å². The molecule has 6 heteroatoms. The van der Waals surface area contributed by atoms with Gasteiger partial charge in [-0.2, -0.15) is 0 Å². The number of aromatic hydroxyl groups is 1. The van der Waals surface area contributed by atoms with Crippen molar-refractivity contribution >= 4 is 11.9 Å². The van der Waals surface area contributed by atoms with Crippen LogP contribution in [0.15, 0.2) is 42.5 Å². The third-order valence-corrected chi connectivity index (χ3v) is 5.54. The number of hydrogen-bond acceptors (Lipinski definition) is 5. The van der Waals surface area contributed by atoms with Gasteiger partial charge in [-0.1, -0.05) is 64.1 Å². The molecule has 0 saturated carbocycles. The predicted octanol–water partition coefficient (Wildman–Crippen LogP) is 4.40. The van der Waals surface area contributed by atoms with E-state index in [1.807, 2.05) is 39.8 Å². The van der Waals surface area contributed by atoms with Crippen LogP contribution in [0.2, 0.25) is 0 Å². The fraction of sp³-hybridized carbons (Fsp3) is 0.440. The molecule has 0 bridgehead atoms. The van der Waals surface area contributed by atoms with Gasteiger partial charge in [0.1, 0.15) is 11.3 Å². The van der Waals surface area contributed by atoms with Crippen LogP contribution in [0.4, 0.5) is 0 Å². The van der Waals surface area contributed by atoms with Crippen molar-refractivity contribution < 1.29 is 24.2 Å². The number of ether oxygens (including phenoxy) is 2. The molecule has 0 unspecified atom stereocenters. The minimum Gasteiger partial charge on any atom is -0.507 e. The maximum Gasteiger partial charge on any atom is 0.343 e. The Labute approximate surface area is 183 Å². The molecule has 31 heavy (non-hydrogen) atoms. The summed E-state index contributed by atoms with van der Waals surface area (Å²) in [6.07, 6.45) is -1.09. The number of hydrogen-bond donors (Lipinski definition) is 1. The number of esters is 1. The van der Waals surface area contributed by atoms with Crippen LogP contribution >= 0.6 is 0 Å². The highest BCUT2D eigenvalue weighted by molar-refractivity contribution is 5.95. The Morgan fingerprint density at radius 1 is 0.968 bits per heavy atom. The Morgan fingerprint density at radius 2 is 1.61 bits per heavy atom. The Hall–Kier alpha value is -2.86. The lowest BCUT2D eigenvalue weighted by Crippen LogP contribution is -2.44. The maximum absolute atomic E-state index is 13.2. The van der Waals surface area contributed by atoms with Crippen LogP contribution in [-0.4, -0.2) is 48.2 Å². The topological polar surface area (TPSA) is 76.1 Å². The van der Waals surface area contributed by atoms with Gasteiger partial charge in [0.05, 0.1) is 13.2 Å². The molecule has 0 aliphatic carbocycles. The molecule has 1 fully saturated rings. The number of benzene rings is 2. The van der Waals surface area contributed by atoms with Gasteiger partial charge < -0.3 is 19.5 Å². The Morgan fingerprint density at radius 3 is 2.19 bits per heavy atom. The summed E-state index contributed by atoms with van der Waals surface area (Å²) in [6, 6.07) is 12.6. The smallest absolute Gasteiger partial charge is 0.343 e. The van der Waals surface area contributed by atoms with Crippen LogP contribution in [0, 0.1) is 0 Å². The van der Waals surface area contributed by atoms with Crippen LogP contribution in [0.25, 0.3) is 0 Å². The summed E-state index contributed by atoms with van der Waals surface area (Å²) in [6.45, 7) is 9.79. The average Bonchev–Trinajstić information content (AvgIpc) is 2.77. The van der Waals surface area contributed by atoms with Gasteiger partial charge in [-0.25, -0.2) is 4.79 Å². The summed E-state index contributed by atoms with van der Waals surface area (Å²) in [7, 11) is 0. The van der Waals surface area contributed by atoms with Gasteiger partial charge in [-0.05, 0) is 29.0 Å². The van der Waals surface area contributed by atoms with E-state index in [1.54, 1.807) is 35.2 Å². The lowest BCUT2D eigenvalue weighted by atomic mass is 9.92. The zero-order valence-corrected chi connectivity index (χ0v) is 18.6. The number of amides is 1. The third kappa shape index (κ3) is 5.25. The molecule has 1 amide bonds. The highest BCUT2D eigenvalue weighted by Crippen LogP contribution is 2.34. The Bertz CT molecular complexity index is 917. The molecule has 0 radical (unpaired) electrons. The quantitative estimate of drug-likeness (QED) is 0.695. The normalized spacial score (nSPS) is 15.2. The monoisotopic (exact) mass is 425 g/mol. The molecule has 1 saturated heterocycles. The van der Waals surface area contributed by atoms with Crippen molar-refractivity contribution in [3.63, 3.8) is 0 Å². The standard InChI is InChI=1S/C25H31NO5/c1-16(2)19-14-20(17(3)4)22(27)21(15-19)25(29)31-23(18-8-6-5-7-9-18)24(28)26-10-12-30-13-11-26/h5-9,14-17,23,27H,10-13H2,1-4H3/t23-/m0/s1. The second kappa shape index (κ2) is 9.96. The van der Waals surface area contributed by atoms with Crippen LogP contribution in [0.3, 0.4) is 0 Å². The zero-order valence-electron chi connectivity index (χ0n) is 18.6. The molecule has 0 spiro atoms. The van der Waals surface area contributed by atoms with E-state index in [0.29, 0.717) is 37.4 Å². The van der Waals surface area contributed by atoms with Crippen molar-refractivity contribution in [2.75, 3.05) is 26.3 Å². The minimum absolute atomic E-state index is 0.0325. The Balaban J connectivity index is 1.96. The van der Waals surface area contributed by atoms with Crippen molar-refractivity contribution in [1.82, 2.24) is 4.90 Å². The predicted molar refractivity (Wildman–Crippen MR) is 118 cm³/mol. The number of carbonyl (C=O) groups excluding carboxylic acids is 2. The van der Waals surface area contributed by atoms with Gasteiger partial charge >= 0.3 is 5.97 Å². The minimum atomic E-state index is -1.09. The van der Waals surface area contributed by atoms with Crippen LogP contribution in [-0.2, 0) is 14.3 Å². The second-order valence-corrected chi connectivity index (χ2v) is 8.45. The molecule has 1 aliphatic rings. The summed E-state index contributed by atoms with van der Waals surface area (Å²) in [5, 5.41) is 10.8. The van der Waals surface area contributed by atoms with Gasteiger partial charge in [0.2, 0.25) is 6.10 Å². The summed E-state index contributed by atoms with van der Waals surface area (Å²) in [4.78, 5) is 28.1. The first-order chi connectivity index (χ1) is 14.8. The average molecular weight is 426 g/mol. The van der Waals surface area contributed by atoms with E-state index >= 15 is 0 Å². The van der Waals surface area contributed by atoms with Crippen molar-refractivity contribution in [1.29, 1.82) is 0 Å². The molecule has 1 aliphatic heterocycles. The Kier molecular flexibility index (Phi) is 7.33. The van der Waals surface area contributed by atoms with Gasteiger partial charge in [0, 0.05) is 18.7 Å². The molecule has 0 aromatic heterocycles. The highest BCUT2D eigenvalue weighted by Gasteiger charge is 2.32. The van der Waals surface area contributed by atoms with Crippen LogP contribution in [0.1, 0.15) is 72.7 Å². The molecule has 2 aromatic rings. The number of phenolic OH excluding ortho intramolecular Hbond substituents is 1. The van der Waals surface area contributed by atoms with E-state index in [-0.39, 0.29) is 29.1 Å². The van der Waals surface area contributed by atoms with Gasteiger partial charge in [-0.3, -0.25) is 4.79 Å². The number of morpholine rings is 1. The second-order valence-electron chi connectivity index (χ2n) is 8.45. The summed E-state index contributed by atoms with van der Waals surface area (Å²) < 4.78 is 11.1. The first-order valence-electron chi connectivity index (χ1n) is 10.8. The highest BCUT2D eigenvalue weighted by atomic mass is 16.5. The van der Waals surface area contributed by atoms with Gasteiger partial charge in [0.25, 0.3) is 5.91 Å². The van der Waals surface area contributed by atoms with E-state index in [2.05, 4.69) is 0 Å². The number of rotatable bonds is 6. The zero-order chi connectivity index (χ0) is 22.5. The van der Waals surface area contributed by atoms with Crippen molar-refractivity contribution in [3.05, 3.63) is 64.7 Å². The molecule has 2 aromatic carbocycles. The van der Waals surface area contributed by atoms with E-state index < -0.39 is 12.1 Å². The molecule has 6 nitrogen and oxygen atoms in total. The molecule has 1 atom stereocenters. The lowest BCUT2D eigenvalue weighted by Gasteiger charge is -2.30. The van der Waals surface area contributed by atoms with E-state index in [9.17, 15) is 14.7 Å². The van der Waals surface area contributed by atoms with Crippen molar-refractivity contribution in [3.8, 4) is 5.75 Å². The molecule has 3 rings (SSSR count). The van der Waals surface area contributed by atoms with E-state index in [4.69, 9.17) is 9.47 Å². The van der Waals surface area contributed by atoms with E-state index in [1.165, 1.54) is 0 Å². The van der Waals surface area contributed by atoms with Crippen LogP contribution in [0.5, 0.6) is 5.75 Å². The fourth-order valence-electron chi connectivity index (χ4n) is 3.62. The molecular weight excluding hydrogens is 394 g/mol. The third-order valence-electron chi connectivity index (χ3n) is 5.54. The van der Waals surface area contributed by atoms with Crippen molar-refractivity contribution in [2.45, 2.75) is 45.6 Å². The molecule has 166 valence electrons. The van der Waals surface area contributed by atoms with Gasteiger partial charge in [-0.15, -0.1) is 0 Å². The SMILES string of the molecule is CC(C)c1cc(C(=O)O[C@H](C(=O)N2CCOCC2)c2ccccc2)c(O)c(C(C)C)c1. The number of carbonyl (C=O) groups is 2. The maximum atomic E-state index is 13.2. The largest absolute Gasteiger partial charge is 0.507 e. The van der Waals surface area contributed by atoms with Gasteiger partial charge in [0.15, 0.2) is 0 Å². The first-order valence-corrected chi connectivity index (χ1v) is 10.8. The number of nitrogens with zero attached hydrogens (tertiary/aromatic N) is 1. The first kappa shape index (κ1) is 22.8. The molecule has 1 heterocycles. The summed E-state index contributed by atoms with van der Waals surface area (Å²) in [5.74, 6) is -0.881. The summed E-state index contributed by atoms with van der Waals surface area (Å²) >= 11 is 0. The fourth-order valence-corrected chi connectivity index (χ4v) is 3.62. The summed E-state index contributed by atoms with van der Waals surface area (Å²) in [5.41, 5.74) is 2.31. The lowest BCUT2D eigenvalue weighted by molar-refractivity contribution is -0.145. The van der Waals surface area contributed by atoms with E-state index in [0.717, 1.165) is 5.56 Å². The molecule has 1 N–H and O–H groups in total.